The first-order chi connectivity index (χ1) is 12.4. The lowest BCUT2D eigenvalue weighted by Crippen LogP contribution is -2.32. The Morgan fingerprint density at radius 3 is 2.31 bits per heavy atom. The molecule has 134 valence electrons. The van der Waals surface area contributed by atoms with Crippen molar-refractivity contribution in [2.75, 3.05) is 12.4 Å². The number of carbonyl (C=O) groups is 3. The summed E-state index contributed by atoms with van der Waals surface area (Å²) in [7, 11) is 1.30. The highest BCUT2D eigenvalue weighted by molar-refractivity contribution is 6.39. The van der Waals surface area contributed by atoms with Gasteiger partial charge >= 0.3 is 17.8 Å². The van der Waals surface area contributed by atoms with E-state index in [4.69, 9.17) is 0 Å². The molecule has 2 aromatic carbocycles. The van der Waals surface area contributed by atoms with Gasteiger partial charge in [0.2, 0.25) is 0 Å². The van der Waals surface area contributed by atoms with Crippen LogP contribution in [0.3, 0.4) is 0 Å². The molecule has 0 unspecified atom stereocenters. The smallest absolute Gasteiger partial charge is 0.337 e. The van der Waals surface area contributed by atoms with Crippen LogP contribution in [-0.4, -0.2) is 31.1 Å². The number of rotatable bonds is 4. The second kappa shape index (κ2) is 8.57. The molecule has 0 saturated carbocycles. The SMILES string of the molecule is COC(=O)c1ccc(/C=N/NC(=O)C(=O)Nc2ccc(C)cc2C)cc1. The first-order valence-electron chi connectivity index (χ1n) is 7.80. The zero-order valence-corrected chi connectivity index (χ0v) is 14.7. The van der Waals surface area contributed by atoms with Crippen molar-refractivity contribution in [1.29, 1.82) is 0 Å². The molecule has 0 bridgehead atoms. The second-order valence-corrected chi connectivity index (χ2v) is 5.59. The maximum Gasteiger partial charge on any atom is 0.337 e. The number of methoxy groups -OCH3 is 1. The highest BCUT2D eigenvalue weighted by Crippen LogP contribution is 2.15. The molecule has 7 nitrogen and oxygen atoms in total. The number of benzene rings is 2. The second-order valence-electron chi connectivity index (χ2n) is 5.59. The number of nitrogens with one attached hydrogen (secondary N) is 2. The third-order valence-corrected chi connectivity index (χ3v) is 3.55. The van der Waals surface area contributed by atoms with Gasteiger partial charge in [-0.3, -0.25) is 9.59 Å². The Morgan fingerprint density at radius 1 is 1.00 bits per heavy atom. The Balaban J connectivity index is 1.91. The summed E-state index contributed by atoms with van der Waals surface area (Å²) in [5.41, 5.74) is 5.70. The predicted octanol–water partition coefficient (Wildman–Crippen LogP) is 2.18. The molecule has 0 atom stereocenters. The summed E-state index contributed by atoms with van der Waals surface area (Å²) in [5.74, 6) is -2.13. The molecular formula is C19H19N3O4. The topological polar surface area (TPSA) is 96.9 Å². The van der Waals surface area contributed by atoms with Crippen LogP contribution in [0.5, 0.6) is 0 Å². The summed E-state index contributed by atoms with van der Waals surface area (Å²) in [6.45, 7) is 3.79. The number of anilines is 1. The van der Waals surface area contributed by atoms with Crippen LogP contribution in [0.2, 0.25) is 0 Å². The lowest BCUT2D eigenvalue weighted by Gasteiger charge is -2.08. The Labute approximate surface area is 151 Å². The lowest BCUT2D eigenvalue weighted by atomic mass is 10.1. The van der Waals surface area contributed by atoms with Gasteiger partial charge in [-0.25, -0.2) is 10.2 Å². The van der Waals surface area contributed by atoms with Crippen LogP contribution in [0.4, 0.5) is 5.69 Å². The number of esters is 1. The number of carbonyl (C=O) groups excluding carboxylic acids is 3. The predicted molar refractivity (Wildman–Crippen MR) is 98.1 cm³/mol. The molecule has 0 fully saturated rings. The standard InChI is InChI=1S/C19H19N3O4/c1-12-4-9-16(13(2)10-12)21-17(23)18(24)22-20-11-14-5-7-15(8-6-14)19(25)26-3/h4-11H,1-3H3,(H,21,23)(H,22,24)/b20-11+. The third-order valence-electron chi connectivity index (χ3n) is 3.55. The molecule has 2 aromatic rings. The quantitative estimate of drug-likeness (QED) is 0.381. The van der Waals surface area contributed by atoms with E-state index in [-0.39, 0.29) is 0 Å². The number of amides is 2. The molecule has 0 aliphatic heterocycles. The molecule has 2 rings (SSSR count). The maximum atomic E-state index is 11.9. The van der Waals surface area contributed by atoms with E-state index < -0.39 is 17.8 Å². The fourth-order valence-electron chi connectivity index (χ4n) is 2.17. The normalized spacial score (nSPS) is 10.4. The van der Waals surface area contributed by atoms with Gasteiger partial charge in [-0.15, -0.1) is 0 Å². The number of hydrazone groups is 1. The van der Waals surface area contributed by atoms with E-state index in [0.717, 1.165) is 11.1 Å². The number of aryl methyl sites for hydroxylation is 2. The van der Waals surface area contributed by atoms with Gasteiger partial charge in [-0.05, 0) is 43.2 Å². The van der Waals surface area contributed by atoms with E-state index in [2.05, 4.69) is 20.6 Å². The Hall–Kier alpha value is -3.48. The average molecular weight is 353 g/mol. The molecule has 0 saturated heterocycles. The molecule has 0 aromatic heterocycles. The average Bonchev–Trinajstić information content (AvgIpc) is 2.63. The van der Waals surface area contributed by atoms with Gasteiger partial charge in [0, 0.05) is 5.69 Å². The molecule has 0 aliphatic rings. The molecule has 2 amide bonds. The summed E-state index contributed by atoms with van der Waals surface area (Å²) in [6, 6.07) is 11.9. The summed E-state index contributed by atoms with van der Waals surface area (Å²) >= 11 is 0. The summed E-state index contributed by atoms with van der Waals surface area (Å²) in [6.07, 6.45) is 1.36. The third kappa shape index (κ3) is 5.01. The molecule has 0 radical (unpaired) electrons. The Kier molecular flexibility index (Phi) is 6.21. The van der Waals surface area contributed by atoms with Crippen molar-refractivity contribution in [2.24, 2.45) is 5.10 Å². The molecule has 26 heavy (non-hydrogen) atoms. The summed E-state index contributed by atoms with van der Waals surface area (Å²) in [4.78, 5) is 35.0. The highest BCUT2D eigenvalue weighted by Gasteiger charge is 2.13. The first-order valence-corrected chi connectivity index (χ1v) is 7.80. The van der Waals surface area contributed by atoms with E-state index in [9.17, 15) is 14.4 Å². The van der Waals surface area contributed by atoms with Crippen LogP contribution in [-0.2, 0) is 14.3 Å². The van der Waals surface area contributed by atoms with Gasteiger partial charge in [-0.1, -0.05) is 29.8 Å². The maximum absolute atomic E-state index is 11.9. The van der Waals surface area contributed by atoms with Crippen LogP contribution in [0.15, 0.2) is 47.6 Å². The minimum atomic E-state index is -0.882. The van der Waals surface area contributed by atoms with E-state index in [1.807, 2.05) is 26.0 Å². The van der Waals surface area contributed by atoms with E-state index in [1.165, 1.54) is 13.3 Å². The van der Waals surface area contributed by atoms with Crippen LogP contribution < -0.4 is 10.7 Å². The Morgan fingerprint density at radius 2 is 1.69 bits per heavy atom. The van der Waals surface area contributed by atoms with Crippen molar-refractivity contribution in [3.05, 3.63) is 64.7 Å². The van der Waals surface area contributed by atoms with E-state index in [0.29, 0.717) is 16.8 Å². The molecule has 2 N–H and O–H groups in total. The molecule has 0 spiro atoms. The van der Waals surface area contributed by atoms with Gasteiger partial charge in [0.15, 0.2) is 0 Å². The van der Waals surface area contributed by atoms with E-state index >= 15 is 0 Å². The van der Waals surface area contributed by atoms with Gasteiger partial charge < -0.3 is 10.1 Å². The number of hydrogen-bond donors (Lipinski definition) is 2. The molecule has 7 heteroatoms. The minimum Gasteiger partial charge on any atom is -0.465 e. The van der Waals surface area contributed by atoms with Gasteiger partial charge in [0.05, 0.1) is 18.9 Å². The monoisotopic (exact) mass is 353 g/mol. The fraction of sp³-hybridized carbons (Fsp3) is 0.158. The zero-order chi connectivity index (χ0) is 19.1. The largest absolute Gasteiger partial charge is 0.465 e. The van der Waals surface area contributed by atoms with Crippen LogP contribution >= 0.6 is 0 Å². The molecular weight excluding hydrogens is 334 g/mol. The van der Waals surface area contributed by atoms with Crippen molar-refractivity contribution in [1.82, 2.24) is 5.43 Å². The summed E-state index contributed by atoms with van der Waals surface area (Å²) in [5, 5.41) is 6.27. The molecule has 0 aliphatic carbocycles. The fourth-order valence-corrected chi connectivity index (χ4v) is 2.17. The van der Waals surface area contributed by atoms with E-state index in [1.54, 1.807) is 30.3 Å². The van der Waals surface area contributed by atoms with Crippen LogP contribution in [0, 0.1) is 13.8 Å². The van der Waals surface area contributed by atoms with Gasteiger partial charge in [0.1, 0.15) is 0 Å². The minimum absolute atomic E-state index is 0.404. The first kappa shape index (κ1) is 18.9. The zero-order valence-electron chi connectivity index (χ0n) is 14.7. The van der Waals surface area contributed by atoms with Gasteiger partial charge in [-0.2, -0.15) is 5.10 Å². The summed E-state index contributed by atoms with van der Waals surface area (Å²) < 4.78 is 4.60. The number of hydrogen-bond acceptors (Lipinski definition) is 5. The van der Waals surface area contributed by atoms with Crippen LogP contribution in [0.1, 0.15) is 27.0 Å². The number of nitrogens with zero attached hydrogens (tertiary/aromatic N) is 1. The van der Waals surface area contributed by atoms with Crippen molar-refractivity contribution in [3.8, 4) is 0 Å². The van der Waals surface area contributed by atoms with Crippen molar-refractivity contribution in [2.45, 2.75) is 13.8 Å². The lowest BCUT2D eigenvalue weighted by molar-refractivity contribution is -0.136. The molecule has 0 heterocycles. The van der Waals surface area contributed by atoms with Crippen molar-refractivity contribution in [3.63, 3.8) is 0 Å². The van der Waals surface area contributed by atoms with Crippen LogP contribution in [0.25, 0.3) is 0 Å². The number of ether oxygens (including phenoxy) is 1. The van der Waals surface area contributed by atoms with Crippen molar-refractivity contribution < 1.29 is 19.1 Å². The van der Waals surface area contributed by atoms with Gasteiger partial charge in [0.25, 0.3) is 0 Å². The Bertz CT molecular complexity index is 858. The highest BCUT2D eigenvalue weighted by atomic mass is 16.5. The van der Waals surface area contributed by atoms with Crippen molar-refractivity contribution >= 4 is 29.7 Å².